The molecule has 1 aromatic carbocycles. The van der Waals surface area contributed by atoms with Crippen molar-refractivity contribution < 1.29 is 4.39 Å². The molecule has 0 saturated heterocycles. The van der Waals surface area contributed by atoms with E-state index >= 15 is 0 Å². The third kappa shape index (κ3) is 4.88. The molecule has 5 rings (SSSR count). The molecule has 0 atom stereocenters. The number of nitrogens with zero attached hydrogens (tertiary/aromatic N) is 4. The van der Waals surface area contributed by atoms with Gasteiger partial charge in [0.2, 0.25) is 0 Å². The van der Waals surface area contributed by atoms with Crippen LogP contribution in [-0.4, -0.2) is 30.1 Å². The number of halogens is 1. The van der Waals surface area contributed by atoms with Crippen LogP contribution in [0, 0.1) is 18.7 Å². The molecule has 5 aromatic rings. The lowest BCUT2D eigenvalue weighted by Crippen LogP contribution is -2.04. The van der Waals surface area contributed by atoms with Crippen molar-refractivity contribution >= 4 is 22.3 Å². The Hall–Kier alpha value is -4.85. The minimum Gasteiger partial charge on any atom is -0.358 e. The van der Waals surface area contributed by atoms with Crippen LogP contribution in [0.1, 0.15) is 30.8 Å². The number of hydrogen-bond donors (Lipinski definition) is 3. The molecule has 4 aromatic heterocycles. The molecule has 4 heterocycles. The van der Waals surface area contributed by atoms with Gasteiger partial charge in [0.1, 0.15) is 11.5 Å². The van der Waals surface area contributed by atoms with E-state index in [0.29, 0.717) is 34.3 Å². The number of imidazole rings is 1. The molecule has 0 amide bonds. The monoisotopic (exact) mass is 505 g/mol. The minimum absolute atomic E-state index is 0.301. The van der Waals surface area contributed by atoms with Crippen LogP contribution in [0.2, 0.25) is 0 Å². The first kappa shape index (κ1) is 24.8. The van der Waals surface area contributed by atoms with E-state index in [1.54, 1.807) is 30.7 Å². The van der Waals surface area contributed by atoms with Crippen molar-refractivity contribution in [1.82, 2.24) is 30.1 Å². The predicted octanol–water partition coefficient (Wildman–Crippen LogP) is 7.06. The molecule has 0 bridgehead atoms. The largest absolute Gasteiger partial charge is 0.358 e. The molecule has 3 N–H and O–H groups in total. The Morgan fingerprint density at radius 2 is 1.92 bits per heavy atom. The summed E-state index contributed by atoms with van der Waals surface area (Å²) >= 11 is 0. The van der Waals surface area contributed by atoms with Gasteiger partial charge in [0, 0.05) is 40.5 Å². The normalized spacial score (nSPS) is 11.8. The number of benzene rings is 1. The molecule has 0 fully saturated rings. The summed E-state index contributed by atoms with van der Waals surface area (Å²) in [5.41, 5.74) is 7.86. The summed E-state index contributed by atoms with van der Waals surface area (Å²) in [6, 6.07) is 10.5. The lowest BCUT2D eigenvalue weighted by atomic mass is 10.0. The van der Waals surface area contributed by atoms with Crippen LogP contribution in [0.25, 0.3) is 39.3 Å². The van der Waals surface area contributed by atoms with Crippen LogP contribution in [0.5, 0.6) is 0 Å². The van der Waals surface area contributed by atoms with E-state index in [1.807, 2.05) is 31.2 Å². The third-order valence-corrected chi connectivity index (χ3v) is 6.28. The number of hydrogen-bond acceptors (Lipinski definition) is 5. The minimum atomic E-state index is -0.314. The first-order valence-electron chi connectivity index (χ1n) is 12.3. The Labute approximate surface area is 220 Å². The summed E-state index contributed by atoms with van der Waals surface area (Å²) < 4.78 is 14.0. The molecular formula is C30H28FN7. The van der Waals surface area contributed by atoms with E-state index in [0.717, 1.165) is 39.2 Å². The number of nitrogens with one attached hydrogen (secondary N) is 3. The molecule has 0 unspecified atom stereocenters. The maximum absolute atomic E-state index is 14.0. The fourth-order valence-corrected chi connectivity index (χ4v) is 4.16. The van der Waals surface area contributed by atoms with E-state index in [2.05, 4.69) is 57.5 Å². The summed E-state index contributed by atoms with van der Waals surface area (Å²) in [7, 11) is 0. The molecule has 0 radical (unpaired) electrons. The second-order valence-electron chi connectivity index (χ2n) is 9.35. The van der Waals surface area contributed by atoms with E-state index in [4.69, 9.17) is 4.98 Å². The lowest BCUT2D eigenvalue weighted by molar-refractivity contribution is 0.627. The predicted molar refractivity (Wildman–Crippen MR) is 151 cm³/mol. The second kappa shape index (κ2) is 10.3. The van der Waals surface area contributed by atoms with Crippen molar-refractivity contribution in [2.24, 2.45) is 5.92 Å². The number of H-pyrrole nitrogens is 2. The number of allylic oxidation sites excluding steroid dienone is 3. The van der Waals surface area contributed by atoms with Gasteiger partial charge in [-0.3, -0.25) is 10.1 Å². The van der Waals surface area contributed by atoms with Crippen molar-refractivity contribution in [3.63, 3.8) is 0 Å². The van der Waals surface area contributed by atoms with Gasteiger partial charge in [0.25, 0.3) is 0 Å². The Balaban J connectivity index is 1.54. The Morgan fingerprint density at radius 1 is 1.11 bits per heavy atom. The van der Waals surface area contributed by atoms with Crippen molar-refractivity contribution in [2.45, 2.75) is 20.8 Å². The van der Waals surface area contributed by atoms with Crippen molar-refractivity contribution in [3.8, 4) is 22.6 Å². The topological polar surface area (TPSA) is 95.2 Å². The van der Waals surface area contributed by atoms with Crippen LogP contribution >= 0.6 is 0 Å². The van der Waals surface area contributed by atoms with Crippen LogP contribution in [0.4, 0.5) is 10.1 Å². The number of aromatic amines is 2. The maximum Gasteiger partial charge on any atom is 0.181 e. The average molecular weight is 506 g/mol. The van der Waals surface area contributed by atoms with Gasteiger partial charge in [-0.25, -0.2) is 14.4 Å². The van der Waals surface area contributed by atoms with Gasteiger partial charge in [-0.15, -0.1) is 0 Å². The molecule has 7 nitrogen and oxygen atoms in total. The van der Waals surface area contributed by atoms with Gasteiger partial charge in [-0.05, 0) is 42.7 Å². The maximum atomic E-state index is 14.0. The summed E-state index contributed by atoms with van der Waals surface area (Å²) in [5, 5.41) is 11.6. The van der Waals surface area contributed by atoms with Gasteiger partial charge < -0.3 is 10.3 Å². The quantitative estimate of drug-likeness (QED) is 0.196. The van der Waals surface area contributed by atoms with Crippen molar-refractivity contribution in [2.75, 3.05) is 5.32 Å². The molecule has 190 valence electrons. The van der Waals surface area contributed by atoms with Crippen molar-refractivity contribution in [3.05, 3.63) is 109 Å². The molecule has 38 heavy (non-hydrogen) atoms. The van der Waals surface area contributed by atoms with E-state index in [9.17, 15) is 4.39 Å². The average Bonchev–Trinajstić information content (AvgIpc) is 3.50. The zero-order chi connectivity index (χ0) is 26.8. The Kier molecular flexibility index (Phi) is 6.70. The molecule has 0 aliphatic carbocycles. The first-order valence-corrected chi connectivity index (χ1v) is 12.3. The molecular weight excluding hydrogens is 477 g/mol. The summed E-state index contributed by atoms with van der Waals surface area (Å²) in [6.07, 6.45) is 8.84. The smallest absolute Gasteiger partial charge is 0.181 e. The molecule has 0 saturated carbocycles. The standard InChI is InChI=1S/C30H28FN7/c1-6-8-25(20-9-7-10-23(31)11-20)27-19(5)35-30(36-27)28-26-13-22(15-33-29(26)38-37-28)21-12-24(16-32-14-21)34-18(4)17(2)3/h6-17,34H,1,4H2,2-3,5H3,(H,35,36)(H,33,37,38)/b25-8-. The van der Waals surface area contributed by atoms with Gasteiger partial charge in [-0.2, -0.15) is 5.10 Å². The summed E-state index contributed by atoms with van der Waals surface area (Å²) in [4.78, 5) is 17.2. The van der Waals surface area contributed by atoms with E-state index in [-0.39, 0.29) is 5.82 Å². The second-order valence-corrected chi connectivity index (χ2v) is 9.35. The Morgan fingerprint density at radius 3 is 2.68 bits per heavy atom. The van der Waals surface area contributed by atoms with Crippen LogP contribution in [-0.2, 0) is 0 Å². The number of rotatable bonds is 8. The summed E-state index contributed by atoms with van der Waals surface area (Å²) in [5.74, 6) is 0.591. The Bertz CT molecular complexity index is 1690. The van der Waals surface area contributed by atoms with Gasteiger partial charge in [0.15, 0.2) is 11.5 Å². The fraction of sp³-hybridized carbons (Fsp3) is 0.133. The molecule has 0 aliphatic rings. The number of aromatic nitrogens is 6. The molecule has 0 spiro atoms. The van der Waals surface area contributed by atoms with Crippen LogP contribution in [0.15, 0.2) is 86.0 Å². The number of fused-ring (bicyclic) bond motifs is 1. The highest BCUT2D eigenvalue weighted by Gasteiger charge is 2.18. The highest BCUT2D eigenvalue weighted by molar-refractivity contribution is 5.92. The van der Waals surface area contributed by atoms with Gasteiger partial charge in [0.05, 0.1) is 23.0 Å². The van der Waals surface area contributed by atoms with E-state index in [1.165, 1.54) is 12.1 Å². The van der Waals surface area contributed by atoms with Gasteiger partial charge in [-0.1, -0.05) is 51.3 Å². The molecule has 0 aliphatic heterocycles. The number of aryl methyl sites for hydroxylation is 1. The van der Waals surface area contributed by atoms with Crippen LogP contribution in [0.3, 0.4) is 0 Å². The zero-order valence-corrected chi connectivity index (χ0v) is 21.5. The van der Waals surface area contributed by atoms with Gasteiger partial charge >= 0.3 is 0 Å². The SMILES string of the molecule is C=C/C=C(/c1cccc(F)c1)c1nc(-c2[nH]nc3ncc(-c4cncc(NC(=C)C(C)C)c4)cc23)[nH]c1C. The lowest BCUT2D eigenvalue weighted by Gasteiger charge is -2.13. The van der Waals surface area contributed by atoms with Crippen LogP contribution < -0.4 is 5.32 Å². The van der Waals surface area contributed by atoms with E-state index < -0.39 is 0 Å². The zero-order valence-electron chi connectivity index (χ0n) is 21.5. The number of anilines is 1. The fourth-order valence-electron chi connectivity index (χ4n) is 4.16. The first-order chi connectivity index (χ1) is 18.3. The molecule has 8 heteroatoms. The third-order valence-electron chi connectivity index (χ3n) is 6.28. The number of pyridine rings is 2. The van der Waals surface area contributed by atoms with Crippen molar-refractivity contribution in [1.29, 1.82) is 0 Å². The highest BCUT2D eigenvalue weighted by atomic mass is 19.1. The highest BCUT2D eigenvalue weighted by Crippen LogP contribution is 2.32. The summed E-state index contributed by atoms with van der Waals surface area (Å²) in [6.45, 7) is 14.0.